The molecule has 3 atom stereocenters. The molecule has 0 aromatic heterocycles. The van der Waals surface area contributed by atoms with Crippen LogP contribution in [0, 0.1) is 0 Å². The first-order valence-electron chi connectivity index (χ1n) is 2.26. The van der Waals surface area contributed by atoms with E-state index in [0.717, 1.165) is 14.0 Å². The fraction of sp³-hybridized carbons (Fsp3) is 1.00. The van der Waals surface area contributed by atoms with E-state index in [4.69, 9.17) is 0 Å². The molecule has 0 rings (SSSR count). The van der Waals surface area contributed by atoms with Gasteiger partial charge >= 0.3 is 0 Å². The molecule has 0 amide bonds. The minimum atomic E-state index is 0.843. The van der Waals surface area contributed by atoms with E-state index in [1.165, 1.54) is 6.16 Å². The maximum atomic E-state index is 2.79. The molecular formula is C4H12P2. The van der Waals surface area contributed by atoms with Crippen LogP contribution in [0.3, 0.4) is 0 Å². The molecule has 0 aromatic rings. The average Bonchev–Trinajstić information content (AvgIpc) is 1.35. The first-order chi connectivity index (χ1) is 2.77. The summed E-state index contributed by atoms with van der Waals surface area (Å²) in [4.78, 5) is 0. The van der Waals surface area contributed by atoms with Crippen molar-refractivity contribution >= 4 is 17.8 Å². The molecule has 3 unspecified atom stereocenters. The van der Waals surface area contributed by atoms with Gasteiger partial charge < -0.3 is 0 Å². The predicted octanol–water partition coefficient (Wildman–Crippen LogP) is 1.91. The Morgan fingerprint density at radius 3 is 2.33 bits per heavy atom. The highest BCUT2D eigenvalue weighted by molar-refractivity contribution is 7.50. The van der Waals surface area contributed by atoms with E-state index in [2.05, 4.69) is 23.1 Å². The lowest BCUT2D eigenvalue weighted by Gasteiger charge is -1.96. The van der Waals surface area contributed by atoms with E-state index < -0.39 is 0 Å². The number of hydrogen-bond donors (Lipinski definition) is 0. The highest BCUT2D eigenvalue weighted by Crippen LogP contribution is 2.22. The van der Waals surface area contributed by atoms with Crippen molar-refractivity contribution in [1.82, 2.24) is 0 Å². The van der Waals surface area contributed by atoms with Crippen LogP contribution < -0.4 is 0 Å². The van der Waals surface area contributed by atoms with Crippen molar-refractivity contribution in [2.45, 2.75) is 19.2 Å². The van der Waals surface area contributed by atoms with Gasteiger partial charge in [-0.15, -0.1) is 17.8 Å². The quantitative estimate of drug-likeness (QED) is 0.491. The van der Waals surface area contributed by atoms with Gasteiger partial charge in [-0.05, 0) is 11.6 Å². The van der Waals surface area contributed by atoms with Gasteiger partial charge in [-0.2, -0.15) is 0 Å². The van der Waals surface area contributed by atoms with Crippen LogP contribution in [0.15, 0.2) is 0 Å². The van der Waals surface area contributed by atoms with Crippen LogP contribution in [0.1, 0.15) is 13.8 Å². The van der Waals surface area contributed by atoms with Crippen molar-refractivity contribution in [1.29, 1.82) is 0 Å². The average molecular weight is 122 g/mol. The molecule has 0 N–H and O–H groups in total. The Hall–Kier alpha value is 0.860. The lowest BCUT2D eigenvalue weighted by molar-refractivity contribution is 1.38. The molecule has 0 aliphatic carbocycles. The molecule has 0 bridgehead atoms. The molecule has 6 heavy (non-hydrogen) atoms. The van der Waals surface area contributed by atoms with Crippen LogP contribution in [0.5, 0.6) is 0 Å². The molecule has 0 nitrogen and oxygen atoms in total. The third-order valence-corrected chi connectivity index (χ3v) is 2.29. The van der Waals surface area contributed by atoms with Gasteiger partial charge in [-0.25, -0.2) is 0 Å². The summed E-state index contributed by atoms with van der Waals surface area (Å²) in [6.45, 7) is 4.45. The fourth-order valence-corrected chi connectivity index (χ4v) is 1.67. The molecule has 0 saturated carbocycles. The summed E-state index contributed by atoms with van der Waals surface area (Å²) in [5, 5.41) is 0.843. The van der Waals surface area contributed by atoms with Crippen LogP contribution in [0.4, 0.5) is 0 Å². The van der Waals surface area contributed by atoms with Crippen molar-refractivity contribution in [3.05, 3.63) is 0 Å². The van der Waals surface area contributed by atoms with Crippen molar-refractivity contribution in [3.63, 3.8) is 0 Å². The Bertz CT molecular complexity index is 26.7. The lowest BCUT2D eigenvalue weighted by atomic mass is 10.9. The smallest absolute Gasteiger partial charge is 0.0118 e. The second-order valence-electron chi connectivity index (χ2n) is 1.35. The zero-order valence-electron chi connectivity index (χ0n) is 4.36. The van der Waals surface area contributed by atoms with Gasteiger partial charge in [-0.1, -0.05) is 13.8 Å². The summed E-state index contributed by atoms with van der Waals surface area (Å²) >= 11 is 0. The van der Waals surface area contributed by atoms with Crippen molar-refractivity contribution < 1.29 is 0 Å². The highest BCUT2D eigenvalue weighted by atomic mass is 31.1. The van der Waals surface area contributed by atoms with E-state index in [9.17, 15) is 0 Å². The summed E-state index contributed by atoms with van der Waals surface area (Å²) in [6, 6.07) is 0. The molecule has 2 heteroatoms. The Kier molecular flexibility index (Phi) is 4.61. The van der Waals surface area contributed by atoms with E-state index in [1.807, 2.05) is 0 Å². The van der Waals surface area contributed by atoms with Gasteiger partial charge in [0.15, 0.2) is 0 Å². The first-order valence-corrected chi connectivity index (χ1v) is 4.21. The molecule has 0 spiro atoms. The van der Waals surface area contributed by atoms with Gasteiger partial charge in [0, 0.05) is 0 Å². The molecule has 0 fully saturated rings. The second-order valence-corrected chi connectivity index (χ2v) is 5.04. The zero-order valence-corrected chi connectivity index (χ0v) is 6.52. The summed E-state index contributed by atoms with van der Waals surface area (Å²) in [7, 11) is 3.92. The SMILES string of the molecule is CCPC(C)P. The Balaban J connectivity index is 2.63. The minimum absolute atomic E-state index is 0.843. The molecule has 38 valence electrons. The van der Waals surface area contributed by atoms with Gasteiger partial charge in [0.1, 0.15) is 0 Å². The van der Waals surface area contributed by atoms with E-state index in [-0.39, 0.29) is 0 Å². The zero-order chi connectivity index (χ0) is 4.99. The van der Waals surface area contributed by atoms with E-state index in [0.29, 0.717) is 0 Å². The molecule has 0 aliphatic heterocycles. The van der Waals surface area contributed by atoms with Crippen LogP contribution in [-0.4, -0.2) is 11.6 Å². The standard InChI is InChI=1S/C4H12P2/c1-3-6-4(2)5/h4,6H,3,5H2,1-2H3. The van der Waals surface area contributed by atoms with Crippen LogP contribution in [-0.2, 0) is 0 Å². The molecule has 0 saturated heterocycles. The van der Waals surface area contributed by atoms with Crippen LogP contribution in [0.25, 0.3) is 0 Å². The summed E-state index contributed by atoms with van der Waals surface area (Å²) < 4.78 is 0. The monoisotopic (exact) mass is 122 g/mol. The highest BCUT2D eigenvalue weighted by Gasteiger charge is 1.84. The van der Waals surface area contributed by atoms with Crippen LogP contribution >= 0.6 is 17.8 Å². The lowest BCUT2D eigenvalue weighted by Crippen LogP contribution is -1.74. The third-order valence-electron chi connectivity index (χ3n) is 0.526. The predicted molar refractivity (Wildman–Crippen MR) is 38.0 cm³/mol. The Morgan fingerprint density at radius 2 is 2.33 bits per heavy atom. The molecular weight excluding hydrogens is 110 g/mol. The summed E-state index contributed by atoms with van der Waals surface area (Å²) in [6.07, 6.45) is 1.34. The first kappa shape index (κ1) is 6.86. The van der Waals surface area contributed by atoms with Gasteiger partial charge in [0.2, 0.25) is 0 Å². The van der Waals surface area contributed by atoms with Crippen molar-refractivity contribution in [2.75, 3.05) is 6.16 Å². The van der Waals surface area contributed by atoms with Crippen LogP contribution in [0.2, 0.25) is 0 Å². The normalized spacial score (nSPS) is 16.5. The van der Waals surface area contributed by atoms with E-state index in [1.54, 1.807) is 0 Å². The number of rotatable bonds is 2. The Morgan fingerprint density at radius 1 is 1.83 bits per heavy atom. The number of hydrogen-bond acceptors (Lipinski definition) is 0. The second kappa shape index (κ2) is 4.03. The van der Waals surface area contributed by atoms with Gasteiger partial charge in [0.05, 0.1) is 0 Å². The topological polar surface area (TPSA) is 0 Å². The largest absolute Gasteiger partial charge is 0.130 e. The molecule has 0 aromatic carbocycles. The van der Waals surface area contributed by atoms with Crippen molar-refractivity contribution in [2.24, 2.45) is 0 Å². The maximum absolute atomic E-state index is 2.79. The molecule has 0 radical (unpaired) electrons. The third kappa shape index (κ3) is 4.86. The van der Waals surface area contributed by atoms with Gasteiger partial charge in [0.25, 0.3) is 0 Å². The summed E-state index contributed by atoms with van der Waals surface area (Å²) in [5.74, 6) is 0. The fourth-order valence-electron chi connectivity index (χ4n) is 0.322. The molecule has 0 aliphatic rings. The molecule has 0 heterocycles. The Labute approximate surface area is 44.1 Å². The summed E-state index contributed by atoms with van der Waals surface area (Å²) in [5.41, 5.74) is 0. The van der Waals surface area contributed by atoms with Gasteiger partial charge in [-0.3, -0.25) is 0 Å². The van der Waals surface area contributed by atoms with E-state index >= 15 is 0 Å². The minimum Gasteiger partial charge on any atom is -0.130 e. The maximum Gasteiger partial charge on any atom is -0.0118 e. The van der Waals surface area contributed by atoms with Crippen molar-refractivity contribution in [3.8, 4) is 0 Å².